The van der Waals surface area contributed by atoms with Gasteiger partial charge in [-0.25, -0.2) is 9.71 Å². The van der Waals surface area contributed by atoms with Crippen molar-refractivity contribution in [3.63, 3.8) is 0 Å². The van der Waals surface area contributed by atoms with E-state index in [1.807, 2.05) is 13.0 Å². The molecule has 0 spiro atoms. The minimum absolute atomic E-state index is 0.0452. The third-order valence-corrected chi connectivity index (χ3v) is 1.74. The van der Waals surface area contributed by atoms with Crippen molar-refractivity contribution in [3.8, 4) is 0 Å². The van der Waals surface area contributed by atoms with Crippen LogP contribution >= 0.6 is 0 Å². The molecular weight excluding hydrogens is 141 g/mol. The van der Waals surface area contributed by atoms with Gasteiger partial charge in [0, 0.05) is 18.7 Å². The molecule has 1 aromatic rings. The molecule has 0 aliphatic carbocycles. The Morgan fingerprint density at radius 1 is 1.36 bits per heavy atom. The molecule has 1 nitrogen and oxygen atoms in total. The Hall–Kier alpha value is -0.890. The van der Waals surface area contributed by atoms with Gasteiger partial charge in [0.05, 0.1) is 0 Å². The second-order valence-electron chi connectivity index (χ2n) is 2.46. The molecular formula is C9H11FN. The van der Waals surface area contributed by atoms with E-state index in [0.717, 1.165) is 0 Å². The lowest BCUT2D eigenvalue weighted by Gasteiger charge is -2.08. The van der Waals surface area contributed by atoms with Crippen molar-refractivity contribution in [1.29, 1.82) is 0 Å². The Kier molecular flexibility index (Phi) is 2.60. The van der Waals surface area contributed by atoms with Gasteiger partial charge in [-0.1, -0.05) is 18.2 Å². The molecule has 0 amide bonds. The minimum Gasteiger partial charge on any atom is -0.237 e. The summed E-state index contributed by atoms with van der Waals surface area (Å²) in [6.45, 7) is 1.87. The first kappa shape index (κ1) is 8.21. The molecule has 1 aromatic carbocycles. The van der Waals surface area contributed by atoms with Crippen molar-refractivity contribution in [2.75, 3.05) is 7.05 Å². The van der Waals surface area contributed by atoms with E-state index in [-0.39, 0.29) is 11.9 Å². The largest absolute Gasteiger partial charge is 0.237 e. The number of benzene rings is 1. The van der Waals surface area contributed by atoms with Gasteiger partial charge in [0.15, 0.2) is 0 Å². The summed E-state index contributed by atoms with van der Waals surface area (Å²) in [5, 5.41) is 3.98. The number of rotatable bonds is 2. The topological polar surface area (TPSA) is 14.1 Å². The van der Waals surface area contributed by atoms with Crippen LogP contribution in [0.4, 0.5) is 4.39 Å². The average Bonchev–Trinajstić information content (AvgIpc) is 2.04. The first-order chi connectivity index (χ1) is 5.25. The smallest absolute Gasteiger partial charge is 0.128 e. The van der Waals surface area contributed by atoms with Gasteiger partial charge in [-0.3, -0.25) is 0 Å². The van der Waals surface area contributed by atoms with Crippen molar-refractivity contribution in [2.45, 2.75) is 13.0 Å². The van der Waals surface area contributed by atoms with Gasteiger partial charge in [-0.2, -0.15) is 0 Å². The van der Waals surface area contributed by atoms with Crippen LogP contribution in [0.15, 0.2) is 24.3 Å². The summed E-state index contributed by atoms with van der Waals surface area (Å²) in [5.41, 5.74) is 0.662. The molecule has 0 fully saturated rings. The van der Waals surface area contributed by atoms with Crippen molar-refractivity contribution in [3.05, 3.63) is 35.6 Å². The predicted molar refractivity (Wildman–Crippen MR) is 42.9 cm³/mol. The van der Waals surface area contributed by atoms with Gasteiger partial charge >= 0.3 is 0 Å². The monoisotopic (exact) mass is 152 g/mol. The van der Waals surface area contributed by atoms with Gasteiger partial charge in [-0.15, -0.1) is 0 Å². The first-order valence-corrected chi connectivity index (χ1v) is 3.59. The third-order valence-electron chi connectivity index (χ3n) is 1.74. The fraction of sp³-hybridized carbons (Fsp3) is 0.333. The van der Waals surface area contributed by atoms with Crippen LogP contribution in [0.3, 0.4) is 0 Å². The molecule has 1 radical (unpaired) electrons. The van der Waals surface area contributed by atoms with Crippen LogP contribution < -0.4 is 5.32 Å². The Morgan fingerprint density at radius 2 is 2.00 bits per heavy atom. The van der Waals surface area contributed by atoms with E-state index in [0.29, 0.717) is 5.56 Å². The molecule has 0 bridgehead atoms. The van der Waals surface area contributed by atoms with Crippen LogP contribution in [0.25, 0.3) is 0 Å². The molecule has 0 aromatic heterocycles. The fourth-order valence-electron chi connectivity index (χ4n) is 0.953. The van der Waals surface area contributed by atoms with Crippen LogP contribution in [-0.2, 0) is 0 Å². The minimum atomic E-state index is -0.175. The Morgan fingerprint density at radius 3 is 2.55 bits per heavy atom. The summed E-state index contributed by atoms with van der Waals surface area (Å²) in [6, 6.07) is 6.67. The first-order valence-electron chi connectivity index (χ1n) is 3.59. The number of hydrogen-bond donors (Lipinski definition) is 0. The predicted octanol–water partition coefficient (Wildman–Crippen LogP) is 2.12. The molecule has 0 heterocycles. The van der Waals surface area contributed by atoms with Gasteiger partial charge in [0.25, 0.3) is 0 Å². The molecule has 0 unspecified atom stereocenters. The van der Waals surface area contributed by atoms with Crippen LogP contribution in [-0.4, -0.2) is 7.05 Å². The molecule has 11 heavy (non-hydrogen) atoms. The van der Waals surface area contributed by atoms with Crippen LogP contribution in [0.2, 0.25) is 0 Å². The second-order valence-corrected chi connectivity index (χ2v) is 2.46. The average molecular weight is 152 g/mol. The van der Waals surface area contributed by atoms with Crippen LogP contribution in [0.1, 0.15) is 18.5 Å². The van der Waals surface area contributed by atoms with Crippen LogP contribution in [0.5, 0.6) is 0 Å². The van der Waals surface area contributed by atoms with Crippen molar-refractivity contribution in [2.24, 2.45) is 0 Å². The highest BCUT2D eigenvalue weighted by Gasteiger charge is 2.07. The number of nitrogens with zero attached hydrogens (tertiary/aromatic N) is 1. The molecule has 1 atom stereocenters. The van der Waals surface area contributed by atoms with Crippen molar-refractivity contribution < 1.29 is 4.39 Å². The lowest BCUT2D eigenvalue weighted by molar-refractivity contribution is 0.557. The summed E-state index contributed by atoms with van der Waals surface area (Å²) >= 11 is 0. The molecule has 2 heteroatoms. The zero-order chi connectivity index (χ0) is 8.27. The van der Waals surface area contributed by atoms with Gasteiger partial charge < -0.3 is 0 Å². The van der Waals surface area contributed by atoms with E-state index in [2.05, 4.69) is 5.32 Å². The van der Waals surface area contributed by atoms with Crippen molar-refractivity contribution in [1.82, 2.24) is 5.32 Å². The molecule has 1 rings (SSSR count). The maximum Gasteiger partial charge on any atom is 0.128 e. The summed E-state index contributed by atoms with van der Waals surface area (Å²) in [5.74, 6) is -0.175. The lowest BCUT2D eigenvalue weighted by atomic mass is 10.1. The van der Waals surface area contributed by atoms with E-state index in [9.17, 15) is 4.39 Å². The maximum atomic E-state index is 13.0. The third kappa shape index (κ3) is 1.77. The highest BCUT2D eigenvalue weighted by molar-refractivity contribution is 5.20. The molecule has 0 aliphatic heterocycles. The van der Waals surface area contributed by atoms with E-state index in [4.69, 9.17) is 0 Å². The second kappa shape index (κ2) is 3.49. The Labute approximate surface area is 66.2 Å². The molecule has 59 valence electrons. The quantitative estimate of drug-likeness (QED) is 0.616. The van der Waals surface area contributed by atoms with Gasteiger partial charge in [0.1, 0.15) is 5.82 Å². The molecule has 0 N–H and O–H groups in total. The lowest BCUT2D eigenvalue weighted by Crippen LogP contribution is -2.06. The van der Waals surface area contributed by atoms with Gasteiger partial charge in [0.2, 0.25) is 0 Å². The highest BCUT2D eigenvalue weighted by Crippen LogP contribution is 2.15. The standard InChI is InChI=1S/C9H11FN/c1-7(11-2)8-5-3-4-6-9(8)10/h3-7H,1-2H3/t7-/m1/s1. The fourth-order valence-corrected chi connectivity index (χ4v) is 0.953. The van der Waals surface area contributed by atoms with Gasteiger partial charge in [-0.05, 0) is 13.0 Å². The zero-order valence-electron chi connectivity index (χ0n) is 6.71. The normalized spacial score (nSPS) is 13.0. The number of hydrogen-bond acceptors (Lipinski definition) is 0. The summed E-state index contributed by atoms with van der Waals surface area (Å²) in [7, 11) is 1.69. The van der Waals surface area contributed by atoms with E-state index in [1.165, 1.54) is 6.07 Å². The summed E-state index contributed by atoms with van der Waals surface area (Å²) in [6.07, 6.45) is 0. The van der Waals surface area contributed by atoms with E-state index < -0.39 is 0 Å². The van der Waals surface area contributed by atoms with Crippen LogP contribution in [0, 0.1) is 5.82 Å². The SMILES string of the molecule is C[N][C@H](C)c1ccccc1F. The molecule has 0 aliphatic rings. The van der Waals surface area contributed by atoms with E-state index >= 15 is 0 Å². The summed E-state index contributed by atoms with van der Waals surface area (Å²) < 4.78 is 13.0. The molecule has 0 saturated carbocycles. The summed E-state index contributed by atoms with van der Waals surface area (Å²) in [4.78, 5) is 0. The highest BCUT2D eigenvalue weighted by atomic mass is 19.1. The molecule has 0 saturated heterocycles. The number of halogens is 1. The maximum absolute atomic E-state index is 13.0. The van der Waals surface area contributed by atoms with Crippen molar-refractivity contribution >= 4 is 0 Å². The zero-order valence-corrected chi connectivity index (χ0v) is 6.71. The van der Waals surface area contributed by atoms with E-state index in [1.54, 1.807) is 19.2 Å². The Balaban J connectivity index is 2.93. The Bertz CT molecular complexity index is 235.